The van der Waals surface area contributed by atoms with Gasteiger partial charge < -0.3 is 10.6 Å². The Morgan fingerprint density at radius 2 is 2.44 bits per heavy atom. The Kier molecular flexibility index (Phi) is 5.20. The smallest absolute Gasteiger partial charge is 0.237 e. The summed E-state index contributed by atoms with van der Waals surface area (Å²) in [6, 6.07) is 2.34. The zero-order chi connectivity index (χ0) is 12.8. The Morgan fingerprint density at radius 1 is 1.56 bits per heavy atom. The molecule has 0 aromatic carbocycles. The van der Waals surface area contributed by atoms with Crippen LogP contribution in [0.1, 0.15) is 38.2 Å². The van der Waals surface area contributed by atoms with Crippen LogP contribution >= 0.6 is 11.3 Å². The lowest BCUT2D eigenvalue weighted by molar-refractivity contribution is -0.123. The molecule has 0 aliphatic carbocycles. The summed E-state index contributed by atoms with van der Waals surface area (Å²) < 4.78 is 0. The van der Waals surface area contributed by atoms with E-state index in [1.54, 1.807) is 11.3 Å². The fourth-order valence-electron chi connectivity index (χ4n) is 2.41. The summed E-state index contributed by atoms with van der Waals surface area (Å²) in [7, 11) is 0. The second-order valence-electron chi connectivity index (χ2n) is 5.10. The number of carbonyl (C=O) groups excluding carboxylic acids is 1. The van der Waals surface area contributed by atoms with Gasteiger partial charge in [-0.3, -0.25) is 4.79 Å². The predicted octanol–water partition coefficient (Wildman–Crippen LogP) is 2.33. The predicted molar refractivity (Wildman–Crippen MR) is 75.9 cm³/mol. The standard InChI is InChI=1S/C14H22N2OS/c1-11(9-12-6-8-18-10-12)16-14(17)13-5-3-2-4-7-15-13/h6,8,10-11,13,15H,2-5,7,9H2,1H3,(H,16,17). The third-order valence-electron chi connectivity index (χ3n) is 3.39. The van der Waals surface area contributed by atoms with Gasteiger partial charge in [-0.05, 0) is 55.1 Å². The fraction of sp³-hybridized carbons (Fsp3) is 0.643. The van der Waals surface area contributed by atoms with Crippen molar-refractivity contribution < 1.29 is 4.79 Å². The van der Waals surface area contributed by atoms with Crippen LogP contribution in [0.15, 0.2) is 16.8 Å². The van der Waals surface area contributed by atoms with Crippen LogP contribution in [0.25, 0.3) is 0 Å². The lowest BCUT2D eigenvalue weighted by atomic mass is 10.1. The summed E-state index contributed by atoms with van der Waals surface area (Å²) >= 11 is 1.71. The minimum Gasteiger partial charge on any atom is -0.352 e. The van der Waals surface area contributed by atoms with E-state index in [1.165, 1.54) is 18.4 Å². The molecule has 1 saturated heterocycles. The van der Waals surface area contributed by atoms with E-state index in [1.807, 2.05) is 0 Å². The Hall–Kier alpha value is -0.870. The van der Waals surface area contributed by atoms with Gasteiger partial charge in [0, 0.05) is 6.04 Å². The molecule has 0 saturated carbocycles. The van der Waals surface area contributed by atoms with Crippen molar-refractivity contribution in [2.24, 2.45) is 0 Å². The van der Waals surface area contributed by atoms with Crippen LogP contribution in [0.2, 0.25) is 0 Å². The first-order valence-electron chi connectivity index (χ1n) is 6.80. The molecule has 18 heavy (non-hydrogen) atoms. The highest BCUT2D eigenvalue weighted by atomic mass is 32.1. The van der Waals surface area contributed by atoms with E-state index in [9.17, 15) is 4.79 Å². The maximum absolute atomic E-state index is 12.1. The number of amides is 1. The van der Waals surface area contributed by atoms with E-state index >= 15 is 0 Å². The molecule has 1 aromatic rings. The largest absolute Gasteiger partial charge is 0.352 e. The van der Waals surface area contributed by atoms with Gasteiger partial charge in [0.25, 0.3) is 0 Å². The molecule has 1 aliphatic heterocycles. The Balaban J connectivity index is 1.78. The number of carbonyl (C=O) groups is 1. The maximum atomic E-state index is 12.1. The molecule has 2 rings (SSSR count). The molecular weight excluding hydrogens is 244 g/mol. The SMILES string of the molecule is CC(Cc1ccsc1)NC(=O)C1CCCCCN1. The molecule has 1 fully saturated rings. The molecule has 1 aromatic heterocycles. The topological polar surface area (TPSA) is 41.1 Å². The first-order chi connectivity index (χ1) is 8.75. The normalized spacial score (nSPS) is 22.2. The average Bonchev–Trinajstić information content (AvgIpc) is 2.68. The van der Waals surface area contributed by atoms with Gasteiger partial charge in [0.1, 0.15) is 0 Å². The molecule has 2 atom stereocenters. The van der Waals surface area contributed by atoms with Crippen molar-refractivity contribution >= 4 is 17.2 Å². The molecule has 2 N–H and O–H groups in total. The Labute approximate surface area is 113 Å². The van der Waals surface area contributed by atoms with Crippen molar-refractivity contribution in [3.63, 3.8) is 0 Å². The highest BCUT2D eigenvalue weighted by Gasteiger charge is 2.20. The highest BCUT2D eigenvalue weighted by Crippen LogP contribution is 2.10. The van der Waals surface area contributed by atoms with Crippen LogP contribution in [0.4, 0.5) is 0 Å². The van der Waals surface area contributed by atoms with Crippen molar-refractivity contribution in [3.05, 3.63) is 22.4 Å². The number of nitrogens with one attached hydrogen (secondary N) is 2. The second-order valence-corrected chi connectivity index (χ2v) is 5.88. The van der Waals surface area contributed by atoms with Gasteiger partial charge in [-0.15, -0.1) is 0 Å². The highest BCUT2D eigenvalue weighted by molar-refractivity contribution is 7.07. The number of hydrogen-bond donors (Lipinski definition) is 2. The molecule has 1 amide bonds. The van der Waals surface area contributed by atoms with Gasteiger partial charge in [-0.1, -0.05) is 12.8 Å². The molecule has 0 radical (unpaired) electrons. The van der Waals surface area contributed by atoms with E-state index in [4.69, 9.17) is 0 Å². The average molecular weight is 266 g/mol. The minimum atomic E-state index is 0.0115. The van der Waals surface area contributed by atoms with Gasteiger partial charge in [0.2, 0.25) is 5.91 Å². The molecule has 4 heteroatoms. The summed E-state index contributed by atoms with van der Waals surface area (Å²) in [5.74, 6) is 0.166. The minimum absolute atomic E-state index is 0.0115. The van der Waals surface area contributed by atoms with Crippen molar-refractivity contribution in [2.45, 2.75) is 51.1 Å². The van der Waals surface area contributed by atoms with Gasteiger partial charge in [-0.25, -0.2) is 0 Å². The monoisotopic (exact) mass is 266 g/mol. The summed E-state index contributed by atoms with van der Waals surface area (Å²) in [6.07, 6.45) is 5.47. The van der Waals surface area contributed by atoms with Gasteiger partial charge in [0.15, 0.2) is 0 Å². The summed E-state index contributed by atoms with van der Waals surface area (Å²) in [6.45, 7) is 3.04. The molecule has 2 unspecified atom stereocenters. The first-order valence-corrected chi connectivity index (χ1v) is 7.75. The number of hydrogen-bond acceptors (Lipinski definition) is 3. The quantitative estimate of drug-likeness (QED) is 0.878. The van der Waals surface area contributed by atoms with E-state index < -0.39 is 0 Å². The molecule has 0 bridgehead atoms. The lowest BCUT2D eigenvalue weighted by Crippen LogP contribution is -2.47. The molecule has 1 aliphatic rings. The third kappa shape index (κ3) is 4.10. The molecular formula is C14H22N2OS. The van der Waals surface area contributed by atoms with Crippen molar-refractivity contribution in [1.82, 2.24) is 10.6 Å². The van der Waals surface area contributed by atoms with E-state index in [0.717, 1.165) is 25.8 Å². The van der Waals surface area contributed by atoms with Crippen molar-refractivity contribution in [3.8, 4) is 0 Å². The summed E-state index contributed by atoms with van der Waals surface area (Å²) in [5.41, 5.74) is 1.31. The fourth-order valence-corrected chi connectivity index (χ4v) is 3.09. The first kappa shape index (κ1) is 13.6. The Bertz CT molecular complexity index is 356. The van der Waals surface area contributed by atoms with E-state index in [0.29, 0.717) is 0 Å². The number of rotatable bonds is 4. The Morgan fingerprint density at radius 3 is 3.22 bits per heavy atom. The molecule has 3 nitrogen and oxygen atoms in total. The van der Waals surface area contributed by atoms with E-state index in [2.05, 4.69) is 34.4 Å². The molecule has 100 valence electrons. The van der Waals surface area contributed by atoms with Crippen molar-refractivity contribution in [1.29, 1.82) is 0 Å². The van der Waals surface area contributed by atoms with Crippen LogP contribution in [0.3, 0.4) is 0 Å². The zero-order valence-corrected chi connectivity index (χ0v) is 11.8. The third-order valence-corrected chi connectivity index (χ3v) is 4.12. The van der Waals surface area contributed by atoms with E-state index in [-0.39, 0.29) is 18.0 Å². The van der Waals surface area contributed by atoms with Gasteiger partial charge in [-0.2, -0.15) is 11.3 Å². The van der Waals surface area contributed by atoms with Crippen LogP contribution in [0.5, 0.6) is 0 Å². The molecule has 0 spiro atoms. The van der Waals surface area contributed by atoms with Crippen LogP contribution in [-0.2, 0) is 11.2 Å². The number of thiophene rings is 1. The maximum Gasteiger partial charge on any atom is 0.237 e. The summed E-state index contributed by atoms with van der Waals surface area (Å²) in [4.78, 5) is 12.1. The van der Waals surface area contributed by atoms with Crippen LogP contribution in [0, 0.1) is 0 Å². The van der Waals surface area contributed by atoms with Crippen LogP contribution < -0.4 is 10.6 Å². The molecule has 2 heterocycles. The van der Waals surface area contributed by atoms with Gasteiger partial charge in [0.05, 0.1) is 6.04 Å². The van der Waals surface area contributed by atoms with Crippen molar-refractivity contribution in [2.75, 3.05) is 6.54 Å². The second kappa shape index (κ2) is 6.90. The van der Waals surface area contributed by atoms with Crippen LogP contribution in [-0.4, -0.2) is 24.5 Å². The summed E-state index contributed by atoms with van der Waals surface area (Å²) in [5, 5.41) is 10.7. The lowest BCUT2D eigenvalue weighted by Gasteiger charge is -2.19. The van der Waals surface area contributed by atoms with Gasteiger partial charge >= 0.3 is 0 Å². The zero-order valence-electron chi connectivity index (χ0n) is 10.9.